The van der Waals surface area contributed by atoms with Gasteiger partial charge < -0.3 is 0 Å². The third-order valence-electron chi connectivity index (χ3n) is 2.97. The van der Waals surface area contributed by atoms with Gasteiger partial charge in [-0.3, -0.25) is 9.69 Å². The zero-order valence-corrected chi connectivity index (χ0v) is 10.8. The van der Waals surface area contributed by atoms with Crippen molar-refractivity contribution in [2.45, 2.75) is 24.2 Å². The van der Waals surface area contributed by atoms with E-state index in [1.807, 2.05) is 6.07 Å². The number of ketones is 1. The molecule has 3 heteroatoms. The summed E-state index contributed by atoms with van der Waals surface area (Å²) in [5.74, 6) is 0.343. The molecule has 0 amide bonds. The Hall–Kier alpha value is -0.670. The Morgan fingerprint density at radius 2 is 2.00 bits per heavy atom. The van der Waals surface area contributed by atoms with Gasteiger partial charge in [0.1, 0.15) is 5.78 Å². The summed E-state index contributed by atoms with van der Waals surface area (Å²) < 4.78 is 0. The number of benzene rings is 1. The van der Waals surface area contributed by atoms with Crippen LogP contribution in [0.1, 0.15) is 18.4 Å². The number of likely N-dealkylation sites (tertiary alicyclic amines) is 1. The molecule has 1 aromatic carbocycles. The number of nitrogens with zero attached hydrogens (tertiary/aromatic N) is 1. The summed E-state index contributed by atoms with van der Waals surface area (Å²) in [5, 5.41) is 0. The highest BCUT2D eigenvalue weighted by molar-refractivity contribution is 9.10. The lowest BCUT2D eigenvalue weighted by Gasteiger charge is -2.19. The fourth-order valence-corrected chi connectivity index (χ4v) is 2.43. The van der Waals surface area contributed by atoms with Gasteiger partial charge in [0.25, 0.3) is 0 Å². The molecule has 0 bridgehead atoms. The molecule has 1 fully saturated rings. The van der Waals surface area contributed by atoms with E-state index in [0.717, 1.165) is 26.1 Å². The number of alkyl halides is 1. The van der Waals surface area contributed by atoms with Crippen LogP contribution in [0.4, 0.5) is 0 Å². The molecule has 1 aliphatic rings. The van der Waals surface area contributed by atoms with E-state index in [4.69, 9.17) is 0 Å². The molecule has 1 aliphatic heterocycles. The van der Waals surface area contributed by atoms with Crippen LogP contribution in [0, 0.1) is 0 Å². The lowest BCUT2D eigenvalue weighted by Crippen LogP contribution is -2.24. The van der Waals surface area contributed by atoms with E-state index < -0.39 is 0 Å². The predicted octanol–water partition coefficient (Wildman–Crippen LogP) is 2.62. The number of hydrogen-bond acceptors (Lipinski definition) is 2. The van der Waals surface area contributed by atoms with E-state index in [1.54, 1.807) is 0 Å². The van der Waals surface area contributed by atoms with Crippen LogP contribution in [0.3, 0.4) is 0 Å². The zero-order chi connectivity index (χ0) is 11.4. The summed E-state index contributed by atoms with van der Waals surface area (Å²) in [4.78, 5) is 14.0. The van der Waals surface area contributed by atoms with E-state index in [9.17, 15) is 4.79 Å². The molecule has 1 saturated heterocycles. The van der Waals surface area contributed by atoms with Gasteiger partial charge in [-0.15, -0.1) is 0 Å². The summed E-state index contributed by atoms with van der Waals surface area (Å²) in [7, 11) is 0. The fraction of sp³-hybridized carbons (Fsp3) is 0.462. The molecule has 0 saturated carbocycles. The largest absolute Gasteiger partial charge is 0.299 e. The van der Waals surface area contributed by atoms with Gasteiger partial charge in [0, 0.05) is 19.5 Å². The second kappa shape index (κ2) is 5.60. The fourth-order valence-electron chi connectivity index (χ4n) is 1.99. The Balaban J connectivity index is 1.94. The Morgan fingerprint density at radius 3 is 2.75 bits per heavy atom. The van der Waals surface area contributed by atoms with Crippen LogP contribution in [-0.4, -0.2) is 28.6 Å². The summed E-state index contributed by atoms with van der Waals surface area (Å²) in [6.45, 7) is 2.83. The number of Topliss-reactive ketones (excluding diaryl/α,β-unsaturated/α-hetero) is 1. The van der Waals surface area contributed by atoms with Crippen molar-refractivity contribution in [3.63, 3.8) is 0 Å². The quantitative estimate of drug-likeness (QED) is 0.777. The molecule has 0 radical (unpaired) electrons. The van der Waals surface area contributed by atoms with Crippen LogP contribution in [0.2, 0.25) is 0 Å². The van der Waals surface area contributed by atoms with Gasteiger partial charge in [-0.05, 0) is 18.5 Å². The minimum Gasteiger partial charge on any atom is -0.299 e. The molecule has 1 atom stereocenters. The monoisotopic (exact) mass is 281 g/mol. The van der Waals surface area contributed by atoms with Crippen LogP contribution in [0.5, 0.6) is 0 Å². The molecule has 2 rings (SSSR count). The Morgan fingerprint density at radius 1 is 1.25 bits per heavy atom. The van der Waals surface area contributed by atoms with Crippen molar-refractivity contribution in [1.82, 2.24) is 4.90 Å². The molecule has 1 aromatic rings. The van der Waals surface area contributed by atoms with Gasteiger partial charge in [-0.1, -0.05) is 46.3 Å². The normalized spacial score (nSPS) is 23.1. The van der Waals surface area contributed by atoms with Crippen LogP contribution in [0.25, 0.3) is 0 Å². The average Bonchev–Trinajstić information content (AvgIpc) is 2.46. The van der Waals surface area contributed by atoms with Crippen LogP contribution in [0.15, 0.2) is 30.3 Å². The number of carbonyl (C=O) groups is 1. The van der Waals surface area contributed by atoms with Gasteiger partial charge in [-0.25, -0.2) is 0 Å². The van der Waals surface area contributed by atoms with Crippen LogP contribution >= 0.6 is 15.9 Å². The summed E-state index contributed by atoms with van der Waals surface area (Å²) >= 11 is 3.44. The summed E-state index contributed by atoms with van der Waals surface area (Å²) in [6.07, 6.45) is 1.59. The second-order valence-electron chi connectivity index (χ2n) is 4.23. The summed E-state index contributed by atoms with van der Waals surface area (Å²) in [5.41, 5.74) is 1.32. The maximum atomic E-state index is 11.5. The van der Waals surface area contributed by atoms with E-state index in [-0.39, 0.29) is 4.83 Å². The van der Waals surface area contributed by atoms with E-state index >= 15 is 0 Å². The molecule has 16 heavy (non-hydrogen) atoms. The van der Waals surface area contributed by atoms with Crippen molar-refractivity contribution in [3.05, 3.63) is 35.9 Å². The number of halogens is 1. The molecule has 2 nitrogen and oxygen atoms in total. The lowest BCUT2D eigenvalue weighted by atomic mass is 10.2. The molecule has 0 unspecified atom stereocenters. The smallest absolute Gasteiger partial charge is 0.147 e. The maximum absolute atomic E-state index is 11.5. The van der Waals surface area contributed by atoms with Crippen molar-refractivity contribution in [2.75, 3.05) is 13.1 Å². The number of rotatable bonds is 2. The van der Waals surface area contributed by atoms with Gasteiger partial charge in [0.2, 0.25) is 0 Å². The molecular weight excluding hydrogens is 266 g/mol. The number of carbonyl (C=O) groups excluding carboxylic acids is 1. The first-order valence-corrected chi connectivity index (χ1v) is 6.60. The van der Waals surface area contributed by atoms with E-state index in [2.05, 4.69) is 45.1 Å². The third kappa shape index (κ3) is 3.16. The highest BCUT2D eigenvalue weighted by Crippen LogP contribution is 2.16. The Bertz CT molecular complexity index is 352. The van der Waals surface area contributed by atoms with Gasteiger partial charge in [0.15, 0.2) is 0 Å². The van der Waals surface area contributed by atoms with Crippen LogP contribution < -0.4 is 0 Å². The SMILES string of the molecule is O=C1CCN(Cc2ccccc2)CC[C@@H]1Br. The van der Waals surface area contributed by atoms with Gasteiger partial charge in [0.05, 0.1) is 4.83 Å². The van der Waals surface area contributed by atoms with E-state index in [1.165, 1.54) is 5.56 Å². The molecule has 0 aromatic heterocycles. The molecular formula is C13H16BrNO. The first-order chi connectivity index (χ1) is 7.75. The van der Waals surface area contributed by atoms with Gasteiger partial charge >= 0.3 is 0 Å². The first-order valence-electron chi connectivity index (χ1n) is 5.69. The second-order valence-corrected chi connectivity index (χ2v) is 5.34. The minimum atomic E-state index is 0.0632. The van der Waals surface area contributed by atoms with Crippen molar-refractivity contribution >= 4 is 21.7 Å². The van der Waals surface area contributed by atoms with E-state index in [0.29, 0.717) is 12.2 Å². The van der Waals surface area contributed by atoms with Crippen molar-refractivity contribution in [3.8, 4) is 0 Å². The van der Waals surface area contributed by atoms with Crippen LogP contribution in [-0.2, 0) is 11.3 Å². The molecule has 86 valence electrons. The minimum absolute atomic E-state index is 0.0632. The predicted molar refractivity (Wildman–Crippen MR) is 68.7 cm³/mol. The molecule has 0 N–H and O–H groups in total. The maximum Gasteiger partial charge on any atom is 0.147 e. The summed E-state index contributed by atoms with van der Waals surface area (Å²) in [6, 6.07) is 10.4. The molecule has 0 aliphatic carbocycles. The molecule has 0 spiro atoms. The highest BCUT2D eigenvalue weighted by atomic mass is 79.9. The van der Waals surface area contributed by atoms with Gasteiger partial charge in [-0.2, -0.15) is 0 Å². The Labute approximate surface area is 105 Å². The zero-order valence-electron chi connectivity index (χ0n) is 9.23. The number of hydrogen-bond donors (Lipinski definition) is 0. The lowest BCUT2D eigenvalue weighted by molar-refractivity contribution is -0.118. The topological polar surface area (TPSA) is 20.3 Å². The third-order valence-corrected chi connectivity index (χ3v) is 3.94. The first kappa shape index (κ1) is 11.8. The molecule has 1 heterocycles. The highest BCUT2D eigenvalue weighted by Gasteiger charge is 2.21. The van der Waals surface area contributed by atoms with Crippen molar-refractivity contribution in [2.24, 2.45) is 0 Å². The standard InChI is InChI=1S/C13H16BrNO/c14-12-6-8-15(9-7-13(12)16)10-11-4-2-1-3-5-11/h1-5,12H,6-10H2/t12-/m0/s1. The average molecular weight is 282 g/mol. The van der Waals surface area contributed by atoms with Crippen molar-refractivity contribution in [1.29, 1.82) is 0 Å². The van der Waals surface area contributed by atoms with Crippen molar-refractivity contribution < 1.29 is 4.79 Å². The Kier molecular flexibility index (Phi) is 4.13.